The van der Waals surface area contributed by atoms with E-state index in [1.54, 1.807) is 0 Å². The number of nitrogens with zero attached hydrogens (tertiary/aromatic N) is 1. The molecule has 0 aliphatic rings. The maximum absolute atomic E-state index is 4.25. The van der Waals surface area contributed by atoms with Crippen LogP contribution in [0.2, 0.25) is 0 Å². The molecular weight excluding hydrogens is 286 g/mol. The molecule has 0 unspecified atom stereocenters. The highest BCUT2D eigenvalue weighted by Gasteiger charge is 1.95. The van der Waals surface area contributed by atoms with E-state index >= 15 is 0 Å². The van der Waals surface area contributed by atoms with Gasteiger partial charge in [-0.25, -0.2) is 0 Å². The summed E-state index contributed by atoms with van der Waals surface area (Å²) in [6, 6.07) is 0. The lowest BCUT2D eigenvalue weighted by molar-refractivity contribution is 0.389. The monoisotopic (exact) mass is 329 g/mol. The standard InChI is InChI=1S/C20H43NS/c1-21(2)19-17-15-13-11-9-7-5-3-4-6-8-10-12-14-16-18-20-22/h22H,3-20H2,1-2H3. The van der Waals surface area contributed by atoms with Gasteiger partial charge in [0.15, 0.2) is 0 Å². The molecular formula is C20H43NS. The van der Waals surface area contributed by atoms with Crippen molar-refractivity contribution in [3.8, 4) is 0 Å². The molecule has 0 aromatic carbocycles. The minimum absolute atomic E-state index is 1.07. The van der Waals surface area contributed by atoms with Crippen molar-refractivity contribution < 1.29 is 0 Å². The molecule has 0 bridgehead atoms. The molecule has 0 fully saturated rings. The molecule has 134 valence electrons. The van der Waals surface area contributed by atoms with Crippen LogP contribution in [0, 0.1) is 0 Å². The zero-order valence-corrected chi connectivity index (χ0v) is 16.5. The SMILES string of the molecule is CN(C)CCCCCCCCCCCCCCCCCCS. The van der Waals surface area contributed by atoms with E-state index in [4.69, 9.17) is 0 Å². The zero-order chi connectivity index (χ0) is 16.3. The molecule has 0 saturated carbocycles. The molecule has 0 spiro atoms. The van der Waals surface area contributed by atoms with Crippen LogP contribution in [0.5, 0.6) is 0 Å². The van der Waals surface area contributed by atoms with E-state index in [1.807, 2.05) is 0 Å². The summed E-state index contributed by atoms with van der Waals surface area (Å²) >= 11 is 4.25. The second-order valence-corrected chi connectivity index (χ2v) is 7.63. The van der Waals surface area contributed by atoms with Gasteiger partial charge in [-0.3, -0.25) is 0 Å². The fourth-order valence-corrected chi connectivity index (χ4v) is 3.24. The van der Waals surface area contributed by atoms with E-state index in [-0.39, 0.29) is 0 Å². The fourth-order valence-electron chi connectivity index (χ4n) is 3.01. The third-order valence-corrected chi connectivity index (χ3v) is 4.83. The summed E-state index contributed by atoms with van der Waals surface area (Å²) in [5, 5.41) is 0. The topological polar surface area (TPSA) is 3.24 Å². The van der Waals surface area contributed by atoms with Crippen LogP contribution in [0.25, 0.3) is 0 Å². The molecule has 0 atom stereocenters. The summed E-state index contributed by atoms with van der Waals surface area (Å²) in [6.07, 6.45) is 23.0. The summed E-state index contributed by atoms with van der Waals surface area (Å²) in [5.41, 5.74) is 0. The zero-order valence-electron chi connectivity index (χ0n) is 15.6. The molecule has 0 aromatic rings. The van der Waals surface area contributed by atoms with Gasteiger partial charge < -0.3 is 4.90 Å². The first-order chi connectivity index (χ1) is 10.8. The molecule has 0 rings (SSSR count). The predicted molar refractivity (Wildman–Crippen MR) is 106 cm³/mol. The van der Waals surface area contributed by atoms with Gasteiger partial charge in [-0.1, -0.05) is 89.9 Å². The van der Waals surface area contributed by atoms with Crippen LogP contribution in [-0.2, 0) is 0 Å². The maximum Gasteiger partial charge on any atom is -0.00248 e. The molecule has 2 heteroatoms. The van der Waals surface area contributed by atoms with Crippen molar-refractivity contribution in [3.05, 3.63) is 0 Å². The molecule has 22 heavy (non-hydrogen) atoms. The van der Waals surface area contributed by atoms with Gasteiger partial charge in [0.05, 0.1) is 0 Å². The quantitative estimate of drug-likeness (QED) is 0.216. The van der Waals surface area contributed by atoms with Gasteiger partial charge in [-0.2, -0.15) is 12.6 Å². The Labute approximate surface area is 147 Å². The number of thiol groups is 1. The maximum atomic E-state index is 4.25. The van der Waals surface area contributed by atoms with E-state index in [0.717, 1.165) is 5.75 Å². The van der Waals surface area contributed by atoms with Gasteiger partial charge in [0, 0.05) is 0 Å². The molecule has 1 nitrogen and oxygen atoms in total. The van der Waals surface area contributed by atoms with Gasteiger partial charge in [0.25, 0.3) is 0 Å². The third kappa shape index (κ3) is 20.3. The lowest BCUT2D eigenvalue weighted by Crippen LogP contribution is -2.12. The Morgan fingerprint density at radius 1 is 0.455 bits per heavy atom. The van der Waals surface area contributed by atoms with Gasteiger partial charge >= 0.3 is 0 Å². The Bertz CT molecular complexity index is 194. The van der Waals surface area contributed by atoms with Gasteiger partial charge in [-0.05, 0) is 39.2 Å². The van der Waals surface area contributed by atoms with Crippen LogP contribution in [0.15, 0.2) is 0 Å². The predicted octanol–water partition coefficient (Wildman–Crippen LogP) is 6.72. The summed E-state index contributed by atoms with van der Waals surface area (Å²) in [5.74, 6) is 1.07. The molecule has 0 N–H and O–H groups in total. The first kappa shape index (κ1) is 22.3. The molecule has 0 saturated heterocycles. The molecule has 0 heterocycles. The van der Waals surface area contributed by atoms with E-state index < -0.39 is 0 Å². The van der Waals surface area contributed by atoms with Crippen molar-refractivity contribution in [2.75, 3.05) is 26.4 Å². The molecule has 0 radical (unpaired) electrons. The summed E-state index contributed by atoms with van der Waals surface area (Å²) < 4.78 is 0. The Morgan fingerprint density at radius 3 is 1.00 bits per heavy atom. The van der Waals surface area contributed by atoms with E-state index in [2.05, 4.69) is 31.6 Å². The third-order valence-electron chi connectivity index (χ3n) is 4.51. The van der Waals surface area contributed by atoms with E-state index in [9.17, 15) is 0 Å². The molecule has 0 amide bonds. The molecule has 0 aliphatic carbocycles. The van der Waals surface area contributed by atoms with Crippen LogP contribution in [0.1, 0.15) is 103 Å². The summed E-state index contributed by atoms with van der Waals surface area (Å²) in [4.78, 5) is 2.29. The Balaban J connectivity index is 2.94. The second kappa shape index (κ2) is 19.4. The number of hydrogen-bond donors (Lipinski definition) is 1. The Kier molecular flexibility index (Phi) is 19.6. The normalized spacial score (nSPS) is 11.5. The Hall–Kier alpha value is 0.310. The first-order valence-electron chi connectivity index (χ1n) is 10.0. The lowest BCUT2D eigenvalue weighted by Gasteiger charge is -2.08. The first-order valence-corrected chi connectivity index (χ1v) is 10.7. The smallest absolute Gasteiger partial charge is 0.00248 e. The summed E-state index contributed by atoms with van der Waals surface area (Å²) in [6.45, 7) is 1.26. The van der Waals surface area contributed by atoms with Crippen molar-refractivity contribution in [2.45, 2.75) is 103 Å². The largest absolute Gasteiger partial charge is 0.309 e. The van der Waals surface area contributed by atoms with Gasteiger partial charge in [-0.15, -0.1) is 0 Å². The number of hydrogen-bond acceptors (Lipinski definition) is 2. The van der Waals surface area contributed by atoms with Gasteiger partial charge in [0.2, 0.25) is 0 Å². The molecule has 0 aromatic heterocycles. The highest BCUT2D eigenvalue weighted by Crippen LogP contribution is 2.13. The van der Waals surface area contributed by atoms with Crippen molar-refractivity contribution in [2.24, 2.45) is 0 Å². The van der Waals surface area contributed by atoms with Crippen LogP contribution >= 0.6 is 12.6 Å². The highest BCUT2D eigenvalue weighted by molar-refractivity contribution is 7.80. The summed E-state index contributed by atoms with van der Waals surface area (Å²) in [7, 11) is 4.34. The number of unbranched alkanes of at least 4 members (excludes halogenated alkanes) is 15. The minimum Gasteiger partial charge on any atom is -0.309 e. The average molecular weight is 330 g/mol. The minimum atomic E-state index is 1.07. The van der Waals surface area contributed by atoms with E-state index in [0.29, 0.717) is 0 Å². The van der Waals surface area contributed by atoms with Crippen molar-refractivity contribution in [3.63, 3.8) is 0 Å². The lowest BCUT2D eigenvalue weighted by atomic mass is 10.0. The van der Waals surface area contributed by atoms with Gasteiger partial charge in [0.1, 0.15) is 0 Å². The van der Waals surface area contributed by atoms with Crippen molar-refractivity contribution >= 4 is 12.6 Å². The van der Waals surface area contributed by atoms with Crippen LogP contribution in [-0.4, -0.2) is 31.3 Å². The molecule has 0 aliphatic heterocycles. The van der Waals surface area contributed by atoms with E-state index in [1.165, 1.54) is 109 Å². The van der Waals surface area contributed by atoms with Crippen LogP contribution in [0.4, 0.5) is 0 Å². The highest BCUT2D eigenvalue weighted by atomic mass is 32.1. The number of rotatable bonds is 18. The van der Waals surface area contributed by atoms with Crippen molar-refractivity contribution in [1.29, 1.82) is 0 Å². The second-order valence-electron chi connectivity index (χ2n) is 7.18. The van der Waals surface area contributed by atoms with Crippen LogP contribution < -0.4 is 0 Å². The average Bonchev–Trinajstić information content (AvgIpc) is 2.50. The fraction of sp³-hybridized carbons (Fsp3) is 1.00. The Morgan fingerprint density at radius 2 is 0.727 bits per heavy atom. The van der Waals surface area contributed by atoms with Crippen LogP contribution in [0.3, 0.4) is 0 Å². The van der Waals surface area contributed by atoms with Crippen molar-refractivity contribution in [1.82, 2.24) is 4.90 Å².